The molecule has 1 aromatic rings. The molecule has 6 heteroatoms. The average Bonchev–Trinajstić information content (AvgIpc) is 2.57. The van der Waals surface area contributed by atoms with Gasteiger partial charge in [-0.2, -0.15) is 0 Å². The van der Waals surface area contributed by atoms with Crippen molar-refractivity contribution in [2.45, 2.75) is 19.3 Å². The van der Waals surface area contributed by atoms with Crippen molar-refractivity contribution in [3.8, 4) is 0 Å². The minimum absolute atomic E-state index is 0.000586. The van der Waals surface area contributed by atoms with Crippen molar-refractivity contribution < 1.29 is 14.3 Å². The molecule has 0 aliphatic carbocycles. The Labute approximate surface area is 145 Å². The minimum Gasteiger partial charge on any atom is -0.383 e. The highest BCUT2D eigenvalue weighted by atomic mass is 79.9. The number of nitrogens with zero attached hydrogens (tertiary/aromatic N) is 1. The van der Waals surface area contributed by atoms with E-state index in [1.807, 2.05) is 29.2 Å². The highest BCUT2D eigenvalue weighted by Gasteiger charge is 2.27. The van der Waals surface area contributed by atoms with Crippen LogP contribution in [0.15, 0.2) is 28.7 Å². The fourth-order valence-corrected chi connectivity index (χ4v) is 3.15. The largest absolute Gasteiger partial charge is 0.383 e. The number of piperidine rings is 1. The first-order chi connectivity index (χ1) is 11.1. The summed E-state index contributed by atoms with van der Waals surface area (Å²) in [5.74, 6) is 0.189. The molecule has 1 heterocycles. The molecule has 2 amide bonds. The maximum atomic E-state index is 12.4. The fraction of sp³-hybridized carbons (Fsp3) is 0.529. The van der Waals surface area contributed by atoms with Gasteiger partial charge in [0.2, 0.25) is 11.8 Å². The van der Waals surface area contributed by atoms with Crippen LogP contribution in [0.1, 0.15) is 18.4 Å². The number of amides is 2. The Balaban J connectivity index is 1.78. The summed E-state index contributed by atoms with van der Waals surface area (Å²) in [7, 11) is 1.61. The number of methoxy groups -OCH3 is 1. The van der Waals surface area contributed by atoms with Gasteiger partial charge in [0.15, 0.2) is 0 Å². The van der Waals surface area contributed by atoms with Gasteiger partial charge in [0.05, 0.1) is 13.0 Å². The fourth-order valence-electron chi connectivity index (χ4n) is 2.73. The number of halogens is 1. The van der Waals surface area contributed by atoms with E-state index in [-0.39, 0.29) is 17.7 Å². The van der Waals surface area contributed by atoms with E-state index >= 15 is 0 Å². The molecule has 0 saturated carbocycles. The molecule has 0 spiro atoms. The Kier molecular flexibility index (Phi) is 7.05. The van der Waals surface area contributed by atoms with E-state index in [2.05, 4.69) is 21.2 Å². The second kappa shape index (κ2) is 9.03. The molecule has 1 fully saturated rings. The Morgan fingerprint density at radius 2 is 2.00 bits per heavy atom. The van der Waals surface area contributed by atoms with E-state index in [0.717, 1.165) is 22.9 Å². The van der Waals surface area contributed by atoms with Gasteiger partial charge in [-0.1, -0.05) is 34.1 Å². The number of rotatable bonds is 6. The van der Waals surface area contributed by atoms with Crippen LogP contribution >= 0.6 is 15.9 Å². The van der Waals surface area contributed by atoms with Crippen molar-refractivity contribution in [2.75, 3.05) is 33.4 Å². The zero-order valence-corrected chi connectivity index (χ0v) is 15.0. The SMILES string of the molecule is COCCNC(=O)C1CCN(C(=O)Cc2ccccc2Br)CC1. The number of carbonyl (C=O) groups is 2. The lowest BCUT2D eigenvalue weighted by molar-refractivity contribution is -0.135. The lowest BCUT2D eigenvalue weighted by Gasteiger charge is -2.31. The molecular formula is C17H23BrN2O3. The monoisotopic (exact) mass is 382 g/mol. The van der Waals surface area contributed by atoms with Crippen LogP contribution in [0.5, 0.6) is 0 Å². The smallest absolute Gasteiger partial charge is 0.227 e. The summed E-state index contributed by atoms with van der Waals surface area (Å²) < 4.78 is 5.88. The molecule has 1 aromatic carbocycles. The van der Waals surface area contributed by atoms with Crippen LogP contribution in [-0.4, -0.2) is 50.1 Å². The highest BCUT2D eigenvalue weighted by molar-refractivity contribution is 9.10. The summed E-state index contributed by atoms with van der Waals surface area (Å²) in [6.45, 7) is 2.35. The van der Waals surface area contributed by atoms with E-state index in [1.54, 1.807) is 7.11 Å². The molecule has 0 radical (unpaired) electrons. The van der Waals surface area contributed by atoms with Gasteiger partial charge in [0, 0.05) is 37.1 Å². The molecular weight excluding hydrogens is 360 g/mol. The molecule has 1 N–H and O–H groups in total. The van der Waals surface area contributed by atoms with Gasteiger partial charge in [0.25, 0.3) is 0 Å². The van der Waals surface area contributed by atoms with Crippen molar-refractivity contribution in [3.05, 3.63) is 34.3 Å². The summed E-state index contributed by atoms with van der Waals surface area (Å²) in [6, 6.07) is 7.77. The first kappa shape index (κ1) is 17.9. The van der Waals surface area contributed by atoms with Crippen LogP contribution in [0.3, 0.4) is 0 Å². The van der Waals surface area contributed by atoms with E-state index in [0.29, 0.717) is 32.7 Å². The third-order valence-electron chi connectivity index (χ3n) is 4.12. The maximum absolute atomic E-state index is 12.4. The quantitative estimate of drug-likeness (QED) is 0.765. The zero-order valence-electron chi connectivity index (χ0n) is 13.4. The Morgan fingerprint density at radius 3 is 2.65 bits per heavy atom. The van der Waals surface area contributed by atoms with Gasteiger partial charge < -0.3 is 15.0 Å². The number of hydrogen-bond acceptors (Lipinski definition) is 3. The zero-order chi connectivity index (χ0) is 16.7. The van der Waals surface area contributed by atoms with Crippen molar-refractivity contribution in [1.82, 2.24) is 10.2 Å². The van der Waals surface area contributed by atoms with E-state index < -0.39 is 0 Å². The lowest BCUT2D eigenvalue weighted by atomic mass is 9.95. The number of carbonyl (C=O) groups excluding carboxylic acids is 2. The number of benzene rings is 1. The van der Waals surface area contributed by atoms with Crippen LogP contribution in [-0.2, 0) is 20.7 Å². The topological polar surface area (TPSA) is 58.6 Å². The molecule has 0 atom stereocenters. The van der Waals surface area contributed by atoms with Crippen LogP contribution < -0.4 is 5.32 Å². The standard InChI is InChI=1S/C17H23BrN2O3/c1-23-11-8-19-17(22)13-6-9-20(10-7-13)16(21)12-14-4-2-3-5-15(14)18/h2-5,13H,6-12H2,1H3,(H,19,22). The van der Waals surface area contributed by atoms with E-state index in [1.165, 1.54) is 0 Å². The summed E-state index contributed by atoms with van der Waals surface area (Å²) in [5.41, 5.74) is 0.997. The molecule has 0 aromatic heterocycles. The van der Waals surface area contributed by atoms with Gasteiger partial charge in [-0.3, -0.25) is 9.59 Å². The lowest BCUT2D eigenvalue weighted by Crippen LogP contribution is -2.44. The summed E-state index contributed by atoms with van der Waals surface area (Å²) in [6.07, 6.45) is 1.84. The summed E-state index contributed by atoms with van der Waals surface area (Å²) in [5, 5.41) is 2.87. The number of ether oxygens (including phenoxy) is 1. The molecule has 1 saturated heterocycles. The van der Waals surface area contributed by atoms with E-state index in [4.69, 9.17) is 4.74 Å². The Morgan fingerprint density at radius 1 is 1.30 bits per heavy atom. The Bertz CT molecular complexity index is 542. The first-order valence-corrected chi connectivity index (χ1v) is 8.69. The minimum atomic E-state index is -0.000586. The van der Waals surface area contributed by atoms with Crippen molar-refractivity contribution in [2.24, 2.45) is 5.92 Å². The number of hydrogen-bond donors (Lipinski definition) is 1. The maximum Gasteiger partial charge on any atom is 0.227 e. The van der Waals surface area contributed by atoms with Gasteiger partial charge in [-0.25, -0.2) is 0 Å². The molecule has 5 nitrogen and oxygen atoms in total. The number of likely N-dealkylation sites (tertiary alicyclic amines) is 1. The summed E-state index contributed by atoms with van der Waals surface area (Å²) >= 11 is 3.47. The second-order valence-electron chi connectivity index (χ2n) is 5.71. The average molecular weight is 383 g/mol. The third kappa shape index (κ3) is 5.32. The van der Waals surface area contributed by atoms with Crippen LogP contribution in [0.25, 0.3) is 0 Å². The van der Waals surface area contributed by atoms with Gasteiger partial charge in [0.1, 0.15) is 0 Å². The molecule has 126 valence electrons. The van der Waals surface area contributed by atoms with Gasteiger partial charge in [-0.05, 0) is 24.5 Å². The number of nitrogens with one attached hydrogen (secondary N) is 1. The van der Waals surface area contributed by atoms with Crippen molar-refractivity contribution in [3.63, 3.8) is 0 Å². The molecule has 23 heavy (non-hydrogen) atoms. The highest BCUT2D eigenvalue weighted by Crippen LogP contribution is 2.20. The molecule has 1 aliphatic heterocycles. The normalized spacial score (nSPS) is 15.5. The van der Waals surface area contributed by atoms with Crippen molar-refractivity contribution >= 4 is 27.7 Å². The molecule has 0 bridgehead atoms. The molecule has 1 aliphatic rings. The summed E-state index contributed by atoms with van der Waals surface area (Å²) in [4.78, 5) is 26.3. The van der Waals surface area contributed by atoms with Crippen molar-refractivity contribution in [1.29, 1.82) is 0 Å². The van der Waals surface area contributed by atoms with Gasteiger partial charge in [-0.15, -0.1) is 0 Å². The third-order valence-corrected chi connectivity index (χ3v) is 4.90. The van der Waals surface area contributed by atoms with Crippen LogP contribution in [0, 0.1) is 5.92 Å². The second-order valence-corrected chi connectivity index (χ2v) is 6.56. The Hall–Kier alpha value is -1.40. The van der Waals surface area contributed by atoms with E-state index in [9.17, 15) is 9.59 Å². The van der Waals surface area contributed by atoms with Crippen LogP contribution in [0.4, 0.5) is 0 Å². The molecule has 2 rings (SSSR count). The molecule has 0 unspecified atom stereocenters. The van der Waals surface area contributed by atoms with Gasteiger partial charge >= 0.3 is 0 Å². The predicted molar refractivity (Wildman–Crippen MR) is 92.0 cm³/mol. The van der Waals surface area contributed by atoms with Crippen LogP contribution in [0.2, 0.25) is 0 Å². The predicted octanol–water partition coefficient (Wildman–Crippen LogP) is 1.99. The first-order valence-electron chi connectivity index (χ1n) is 7.89.